The first-order chi connectivity index (χ1) is 25.3. The molecule has 0 aliphatic heterocycles. The lowest BCUT2D eigenvalue weighted by molar-refractivity contribution is 0.669. The second-order valence-corrected chi connectivity index (χ2v) is 14.8. The van der Waals surface area contributed by atoms with E-state index in [0.717, 1.165) is 43.3 Å². The highest BCUT2D eigenvalue weighted by molar-refractivity contribution is 7.27. The van der Waals surface area contributed by atoms with Crippen molar-refractivity contribution in [3.8, 4) is 45.3 Å². The van der Waals surface area contributed by atoms with Crippen LogP contribution >= 0.6 is 22.7 Å². The Morgan fingerprint density at radius 2 is 0.863 bits per heavy atom. The molecule has 0 atom stereocenters. The van der Waals surface area contributed by atoms with Crippen molar-refractivity contribution in [3.05, 3.63) is 152 Å². The van der Waals surface area contributed by atoms with Gasteiger partial charge in [0.15, 0.2) is 17.5 Å². The first kappa shape index (κ1) is 28.6. The van der Waals surface area contributed by atoms with Crippen molar-refractivity contribution >= 4 is 85.0 Å². The number of benzene rings is 7. The van der Waals surface area contributed by atoms with Gasteiger partial charge in [0.1, 0.15) is 11.2 Å². The maximum atomic E-state index is 6.26. The van der Waals surface area contributed by atoms with Crippen LogP contribution < -0.4 is 0 Å². The van der Waals surface area contributed by atoms with Gasteiger partial charge in [-0.25, -0.2) is 15.0 Å². The molecule has 51 heavy (non-hydrogen) atoms. The number of nitrogens with zero attached hydrogens (tertiary/aromatic N) is 3. The molecular formula is C45H25N3OS2. The topological polar surface area (TPSA) is 51.8 Å². The van der Waals surface area contributed by atoms with E-state index in [0.29, 0.717) is 17.5 Å². The van der Waals surface area contributed by atoms with Gasteiger partial charge in [0.2, 0.25) is 0 Å². The molecule has 0 saturated carbocycles. The third kappa shape index (κ3) is 4.40. The van der Waals surface area contributed by atoms with Crippen molar-refractivity contribution in [2.75, 3.05) is 0 Å². The van der Waals surface area contributed by atoms with Gasteiger partial charge in [0, 0.05) is 78.9 Å². The van der Waals surface area contributed by atoms with Gasteiger partial charge in [-0.1, -0.05) is 127 Å². The summed E-state index contributed by atoms with van der Waals surface area (Å²) in [5, 5.41) is 7.09. The molecule has 0 aliphatic carbocycles. The predicted octanol–water partition coefficient (Wildman–Crippen LogP) is 13.2. The van der Waals surface area contributed by atoms with Crippen LogP contribution in [-0.4, -0.2) is 15.0 Å². The standard InChI is InChI=1S/C45H25N3OS2/c1-2-12-26(13-3-1)43-46-44(34-21-11-24-37-39(34)33-15-4-6-23-36(33)49-37)48-45(47-43)35-22-10-20-32-31-19-9-18-30(41(31)51-42(32)35)29-17-8-16-28-27-14-5-7-25-38(27)50-40(28)29/h1-25H. The van der Waals surface area contributed by atoms with E-state index in [-0.39, 0.29) is 0 Å². The maximum Gasteiger partial charge on any atom is 0.165 e. The molecule has 0 unspecified atom stereocenters. The molecule has 0 radical (unpaired) electrons. The highest BCUT2D eigenvalue weighted by Crippen LogP contribution is 2.47. The first-order valence-corrected chi connectivity index (χ1v) is 18.5. The van der Waals surface area contributed by atoms with Crippen molar-refractivity contribution in [3.63, 3.8) is 0 Å². The summed E-state index contributed by atoms with van der Waals surface area (Å²) in [6.07, 6.45) is 0. The second-order valence-electron chi connectivity index (χ2n) is 12.7. The molecule has 0 amide bonds. The number of thiophene rings is 2. The molecule has 11 aromatic rings. The highest BCUT2D eigenvalue weighted by atomic mass is 32.1. The van der Waals surface area contributed by atoms with Crippen LogP contribution in [-0.2, 0) is 0 Å². The quantitative estimate of drug-likeness (QED) is 0.185. The smallest absolute Gasteiger partial charge is 0.165 e. The van der Waals surface area contributed by atoms with Crippen LogP contribution in [0.15, 0.2) is 156 Å². The Hall–Kier alpha value is -6.21. The number of aromatic nitrogens is 3. The average Bonchev–Trinajstić information content (AvgIpc) is 3.89. The largest absolute Gasteiger partial charge is 0.456 e. The van der Waals surface area contributed by atoms with E-state index in [1.54, 1.807) is 0 Å². The Balaban J connectivity index is 1.16. The van der Waals surface area contributed by atoms with Gasteiger partial charge in [-0.2, -0.15) is 0 Å². The van der Waals surface area contributed by atoms with Crippen molar-refractivity contribution < 1.29 is 4.42 Å². The minimum atomic E-state index is 0.617. The Labute approximate surface area is 299 Å². The zero-order valence-electron chi connectivity index (χ0n) is 27.0. The lowest BCUT2D eigenvalue weighted by Gasteiger charge is -2.10. The molecular weight excluding hydrogens is 663 g/mol. The van der Waals surface area contributed by atoms with Gasteiger partial charge < -0.3 is 4.42 Å². The maximum absolute atomic E-state index is 6.26. The molecule has 0 saturated heterocycles. The van der Waals surface area contributed by atoms with Crippen LogP contribution in [0, 0.1) is 0 Å². The van der Waals surface area contributed by atoms with Crippen LogP contribution in [0.25, 0.3) is 108 Å². The summed E-state index contributed by atoms with van der Waals surface area (Å²) >= 11 is 3.69. The zero-order valence-corrected chi connectivity index (χ0v) is 28.6. The van der Waals surface area contributed by atoms with E-state index in [1.165, 1.54) is 46.8 Å². The van der Waals surface area contributed by atoms with E-state index in [2.05, 4.69) is 103 Å². The number of fused-ring (bicyclic) bond motifs is 9. The Bertz CT molecular complexity index is 3160. The minimum absolute atomic E-state index is 0.617. The molecule has 7 aromatic carbocycles. The normalized spacial score (nSPS) is 11.9. The molecule has 0 aliphatic rings. The Kier molecular flexibility index (Phi) is 6.26. The summed E-state index contributed by atoms with van der Waals surface area (Å²) < 4.78 is 11.3. The molecule has 11 rings (SSSR count). The summed E-state index contributed by atoms with van der Waals surface area (Å²) in [5.74, 6) is 1.90. The summed E-state index contributed by atoms with van der Waals surface area (Å²) in [5.41, 5.74) is 7.01. The number of hydrogen-bond donors (Lipinski definition) is 0. The molecule has 0 N–H and O–H groups in total. The fraction of sp³-hybridized carbons (Fsp3) is 0. The minimum Gasteiger partial charge on any atom is -0.456 e. The molecule has 6 heteroatoms. The number of rotatable bonds is 4. The Morgan fingerprint density at radius 1 is 0.353 bits per heavy atom. The van der Waals surface area contributed by atoms with Crippen molar-refractivity contribution in [1.82, 2.24) is 15.0 Å². The van der Waals surface area contributed by atoms with E-state index in [4.69, 9.17) is 19.4 Å². The molecule has 238 valence electrons. The summed E-state index contributed by atoms with van der Waals surface area (Å²) in [6.45, 7) is 0. The second kappa shape index (κ2) is 11.2. The van der Waals surface area contributed by atoms with E-state index < -0.39 is 0 Å². The van der Waals surface area contributed by atoms with Crippen LogP contribution in [0.5, 0.6) is 0 Å². The van der Waals surface area contributed by atoms with Crippen LogP contribution in [0.1, 0.15) is 0 Å². The van der Waals surface area contributed by atoms with Gasteiger partial charge in [-0.3, -0.25) is 0 Å². The fourth-order valence-electron chi connectivity index (χ4n) is 7.46. The molecule has 4 heterocycles. The third-order valence-corrected chi connectivity index (χ3v) is 12.3. The fourth-order valence-corrected chi connectivity index (χ4v) is 10.0. The van der Waals surface area contributed by atoms with Gasteiger partial charge in [-0.15, -0.1) is 22.7 Å². The average molecular weight is 688 g/mol. The van der Waals surface area contributed by atoms with Gasteiger partial charge in [-0.05, 0) is 24.3 Å². The summed E-state index contributed by atoms with van der Waals surface area (Å²) in [4.78, 5) is 15.5. The van der Waals surface area contributed by atoms with E-state index in [1.807, 2.05) is 71.2 Å². The number of furan rings is 1. The molecule has 0 spiro atoms. The highest BCUT2D eigenvalue weighted by Gasteiger charge is 2.21. The number of hydrogen-bond acceptors (Lipinski definition) is 6. The van der Waals surface area contributed by atoms with Crippen molar-refractivity contribution in [1.29, 1.82) is 0 Å². The SMILES string of the molecule is c1ccc(-c2nc(-c3cccc4c3sc3c(-c5cccc6c5sc5ccccc56)cccc34)nc(-c3cccc4oc5ccccc5c34)n2)cc1. The molecule has 4 nitrogen and oxygen atoms in total. The van der Waals surface area contributed by atoms with Gasteiger partial charge in [0.05, 0.1) is 0 Å². The predicted molar refractivity (Wildman–Crippen MR) is 215 cm³/mol. The van der Waals surface area contributed by atoms with Crippen molar-refractivity contribution in [2.24, 2.45) is 0 Å². The van der Waals surface area contributed by atoms with Crippen LogP contribution in [0.2, 0.25) is 0 Å². The van der Waals surface area contributed by atoms with Crippen LogP contribution in [0.4, 0.5) is 0 Å². The Morgan fingerprint density at radius 3 is 1.65 bits per heavy atom. The number of para-hydroxylation sites is 1. The summed E-state index contributed by atoms with van der Waals surface area (Å²) in [6, 6.07) is 53.0. The lowest BCUT2D eigenvalue weighted by Crippen LogP contribution is -2.00. The van der Waals surface area contributed by atoms with Crippen molar-refractivity contribution in [2.45, 2.75) is 0 Å². The van der Waals surface area contributed by atoms with E-state index >= 15 is 0 Å². The summed E-state index contributed by atoms with van der Waals surface area (Å²) in [7, 11) is 0. The van der Waals surface area contributed by atoms with Gasteiger partial charge >= 0.3 is 0 Å². The van der Waals surface area contributed by atoms with Gasteiger partial charge in [0.25, 0.3) is 0 Å². The van der Waals surface area contributed by atoms with E-state index in [9.17, 15) is 0 Å². The zero-order chi connectivity index (χ0) is 33.5. The lowest BCUT2D eigenvalue weighted by atomic mass is 10.00. The molecule has 0 fully saturated rings. The molecule has 0 bridgehead atoms. The van der Waals surface area contributed by atoms with Crippen LogP contribution in [0.3, 0.4) is 0 Å². The third-order valence-electron chi connectivity index (χ3n) is 9.77. The first-order valence-electron chi connectivity index (χ1n) is 16.9. The molecule has 4 aromatic heterocycles. The monoisotopic (exact) mass is 687 g/mol.